The molecule has 0 bridgehead atoms. The van der Waals surface area contributed by atoms with E-state index in [1.807, 2.05) is 13.0 Å². The van der Waals surface area contributed by atoms with E-state index in [-0.39, 0.29) is 18.8 Å². The fourth-order valence-corrected chi connectivity index (χ4v) is 3.40. The van der Waals surface area contributed by atoms with E-state index in [0.29, 0.717) is 12.2 Å². The standard InChI is InChI=1S/C20H29N3O3/c1-15(20(19(26)14-24)22-12-18(25)11-21)23-9-5-8-17(13-23)10-16-6-3-2-4-7-16/h2-4,6-7,14,17-18,22,25H,5,8-13,21H2,1H3/b20-15-. The van der Waals surface area contributed by atoms with Crippen LogP contribution in [0, 0.1) is 5.92 Å². The number of carbonyl (C=O) groups excluding carboxylic acids is 2. The molecule has 2 rings (SSSR count). The Kier molecular flexibility index (Phi) is 7.81. The highest BCUT2D eigenvalue weighted by molar-refractivity contribution is 6.32. The van der Waals surface area contributed by atoms with Crippen molar-refractivity contribution >= 4 is 12.1 Å². The van der Waals surface area contributed by atoms with Crippen molar-refractivity contribution in [2.24, 2.45) is 11.7 Å². The molecule has 6 heteroatoms. The van der Waals surface area contributed by atoms with Gasteiger partial charge in [0.25, 0.3) is 0 Å². The van der Waals surface area contributed by atoms with Gasteiger partial charge in [-0.15, -0.1) is 0 Å². The van der Waals surface area contributed by atoms with Crippen LogP contribution < -0.4 is 11.1 Å². The number of aldehydes is 1. The molecule has 1 fully saturated rings. The maximum absolute atomic E-state index is 12.0. The lowest BCUT2D eigenvalue weighted by Gasteiger charge is -2.36. The number of nitrogens with two attached hydrogens (primary N) is 1. The van der Waals surface area contributed by atoms with Gasteiger partial charge in [0, 0.05) is 31.9 Å². The second-order valence-electron chi connectivity index (χ2n) is 6.86. The van der Waals surface area contributed by atoms with Gasteiger partial charge in [-0.1, -0.05) is 30.3 Å². The zero-order valence-electron chi connectivity index (χ0n) is 15.4. The first-order valence-corrected chi connectivity index (χ1v) is 9.16. The molecular weight excluding hydrogens is 330 g/mol. The zero-order chi connectivity index (χ0) is 18.9. The number of ketones is 1. The molecule has 0 radical (unpaired) electrons. The van der Waals surface area contributed by atoms with Crippen LogP contribution in [0.3, 0.4) is 0 Å². The van der Waals surface area contributed by atoms with Crippen molar-refractivity contribution in [3.63, 3.8) is 0 Å². The minimum Gasteiger partial charge on any atom is -0.390 e. The molecule has 142 valence electrons. The number of allylic oxidation sites excluding steroid dienone is 2. The van der Waals surface area contributed by atoms with Crippen molar-refractivity contribution in [3.05, 3.63) is 47.3 Å². The van der Waals surface area contributed by atoms with Crippen LogP contribution in [0.5, 0.6) is 0 Å². The molecule has 0 amide bonds. The number of piperidine rings is 1. The lowest BCUT2D eigenvalue weighted by molar-refractivity contribution is -0.127. The molecule has 0 aromatic heterocycles. The number of aliphatic hydroxyl groups is 1. The van der Waals surface area contributed by atoms with Gasteiger partial charge in [0.1, 0.15) is 5.70 Å². The van der Waals surface area contributed by atoms with E-state index in [1.165, 1.54) is 5.56 Å². The van der Waals surface area contributed by atoms with Crippen LogP contribution in [0.25, 0.3) is 0 Å². The van der Waals surface area contributed by atoms with E-state index in [4.69, 9.17) is 5.73 Å². The lowest BCUT2D eigenvalue weighted by Crippen LogP contribution is -2.40. The topological polar surface area (TPSA) is 95.7 Å². The molecule has 1 aromatic rings. The molecule has 2 atom stereocenters. The molecule has 4 N–H and O–H groups in total. The number of nitrogens with one attached hydrogen (secondary N) is 1. The molecule has 1 saturated heterocycles. The van der Waals surface area contributed by atoms with Gasteiger partial charge in [0.15, 0.2) is 6.29 Å². The number of rotatable bonds is 9. The fraction of sp³-hybridized carbons (Fsp3) is 0.500. The van der Waals surface area contributed by atoms with Gasteiger partial charge >= 0.3 is 0 Å². The maximum Gasteiger partial charge on any atom is 0.242 e. The van der Waals surface area contributed by atoms with Crippen LogP contribution >= 0.6 is 0 Å². The van der Waals surface area contributed by atoms with Gasteiger partial charge in [-0.2, -0.15) is 0 Å². The Morgan fingerprint density at radius 2 is 2.15 bits per heavy atom. The van der Waals surface area contributed by atoms with E-state index < -0.39 is 11.9 Å². The summed E-state index contributed by atoms with van der Waals surface area (Å²) < 4.78 is 0. The van der Waals surface area contributed by atoms with Gasteiger partial charge in [-0.05, 0) is 37.7 Å². The summed E-state index contributed by atoms with van der Waals surface area (Å²) in [6, 6.07) is 10.4. The molecule has 2 unspecified atom stereocenters. The Hall–Kier alpha value is -2.18. The number of aliphatic hydroxyl groups excluding tert-OH is 1. The molecule has 6 nitrogen and oxygen atoms in total. The first-order valence-electron chi connectivity index (χ1n) is 9.16. The Bertz CT molecular complexity index is 630. The summed E-state index contributed by atoms with van der Waals surface area (Å²) in [5, 5.41) is 12.5. The van der Waals surface area contributed by atoms with Crippen molar-refractivity contribution in [2.75, 3.05) is 26.2 Å². The number of likely N-dealkylation sites (tertiary alicyclic amines) is 1. The quantitative estimate of drug-likeness (QED) is 0.344. The fourth-order valence-electron chi connectivity index (χ4n) is 3.40. The van der Waals surface area contributed by atoms with E-state index in [9.17, 15) is 14.7 Å². The number of Topliss-reactive ketones (excluding diaryl/α,β-unsaturated/α-hetero) is 1. The van der Waals surface area contributed by atoms with Crippen molar-refractivity contribution in [1.29, 1.82) is 0 Å². The molecule has 26 heavy (non-hydrogen) atoms. The highest BCUT2D eigenvalue weighted by Gasteiger charge is 2.24. The highest BCUT2D eigenvalue weighted by atomic mass is 16.3. The lowest BCUT2D eigenvalue weighted by atomic mass is 9.91. The minimum atomic E-state index is -0.760. The Morgan fingerprint density at radius 1 is 1.42 bits per heavy atom. The monoisotopic (exact) mass is 359 g/mol. The normalized spacial score (nSPS) is 19.5. The number of carbonyl (C=O) groups is 2. The molecule has 1 aliphatic rings. The summed E-state index contributed by atoms with van der Waals surface area (Å²) in [5.41, 5.74) is 7.73. The number of hydrogen-bond donors (Lipinski definition) is 3. The van der Waals surface area contributed by atoms with Crippen LogP contribution in [0.4, 0.5) is 0 Å². The van der Waals surface area contributed by atoms with Crippen molar-refractivity contribution in [3.8, 4) is 0 Å². The van der Waals surface area contributed by atoms with Crippen molar-refractivity contribution < 1.29 is 14.7 Å². The van der Waals surface area contributed by atoms with Gasteiger partial charge in [-0.3, -0.25) is 9.59 Å². The minimum absolute atomic E-state index is 0.0947. The Balaban J connectivity index is 2.09. The molecule has 1 heterocycles. The molecule has 0 spiro atoms. The highest BCUT2D eigenvalue weighted by Crippen LogP contribution is 2.24. The summed E-state index contributed by atoms with van der Waals surface area (Å²) in [6.07, 6.45) is 2.74. The molecule has 1 aliphatic heterocycles. The van der Waals surface area contributed by atoms with E-state index >= 15 is 0 Å². The largest absolute Gasteiger partial charge is 0.390 e. The van der Waals surface area contributed by atoms with Gasteiger partial charge in [-0.25, -0.2) is 0 Å². The second kappa shape index (κ2) is 10.1. The van der Waals surface area contributed by atoms with Crippen LogP contribution in [0.2, 0.25) is 0 Å². The first kappa shape index (κ1) is 20.1. The van der Waals surface area contributed by atoms with Crippen LogP contribution in [-0.2, 0) is 16.0 Å². The van der Waals surface area contributed by atoms with E-state index in [0.717, 1.165) is 38.0 Å². The molecular formula is C20H29N3O3. The summed E-state index contributed by atoms with van der Waals surface area (Å²) >= 11 is 0. The number of hydrogen-bond acceptors (Lipinski definition) is 6. The van der Waals surface area contributed by atoms with Gasteiger partial charge in [0.2, 0.25) is 5.78 Å². The van der Waals surface area contributed by atoms with Crippen molar-refractivity contribution in [2.45, 2.75) is 32.3 Å². The molecule has 0 aliphatic carbocycles. The Morgan fingerprint density at radius 3 is 2.81 bits per heavy atom. The summed E-state index contributed by atoms with van der Waals surface area (Å²) in [6.45, 7) is 3.79. The third-order valence-corrected chi connectivity index (χ3v) is 4.86. The van der Waals surface area contributed by atoms with Gasteiger partial charge in [0.05, 0.1) is 6.10 Å². The molecule has 0 saturated carbocycles. The van der Waals surface area contributed by atoms with Crippen LogP contribution in [-0.4, -0.2) is 54.4 Å². The summed E-state index contributed by atoms with van der Waals surface area (Å²) in [7, 11) is 0. The summed E-state index contributed by atoms with van der Waals surface area (Å²) in [4.78, 5) is 25.2. The van der Waals surface area contributed by atoms with Crippen LogP contribution in [0.15, 0.2) is 41.7 Å². The SMILES string of the molecule is C/C(=C(/NCC(O)CN)C(=O)C=O)N1CCCC(Cc2ccccc2)C1. The smallest absolute Gasteiger partial charge is 0.242 e. The summed E-state index contributed by atoms with van der Waals surface area (Å²) in [5.74, 6) is -0.0970. The predicted molar refractivity (Wildman–Crippen MR) is 101 cm³/mol. The number of nitrogens with zero attached hydrogens (tertiary/aromatic N) is 1. The average molecular weight is 359 g/mol. The zero-order valence-corrected chi connectivity index (χ0v) is 15.4. The third-order valence-electron chi connectivity index (χ3n) is 4.86. The Labute approximate surface area is 155 Å². The van der Waals surface area contributed by atoms with E-state index in [2.05, 4.69) is 34.5 Å². The van der Waals surface area contributed by atoms with Gasteiger partial charge < -0.3 is 21.1 Å². The first-order chi connectivity index (χ1) is 12.5. The number of benzene rings is 1. The average Bonchev–Trinajstić information content (AvgIpc) is 2.68. The maximum atomic E-state index is 12.0. The predicted octanol–water partition coefficient (Wildman–Crippen LogP) is 0.850. The van der Waals surface area contributed by atoms with E-state index in [1.54, 1.807) is 0 Å². The third kappa shape index (κ3) is 5.68. The van der Waals surface area contributed by atoms with Crippen LogP contribution in [0.1, 0.15) is 25.3 Å². The molecule has 1 aromatic carbocycles. The van der Waals surface area contributed by atoms with Crippen molar-refractivity contribution in [1.82, 2.24) is 10.2 Å². The second-order valence-corrected chi connectivity index (χ2v) is 6.86.